The second kappa shape index (κ2) is 7.92. The van der Waals surface area contributed by atoms with E-state index in [9.17, 15) is 0 Å². The van der Waals surface area contributed by atoms with E-state index in [1.807, 2.05) is 0 Å². The van der Waals surface area contributed by atoms with Gasteiger partial charge in [-0.05, 0) is 37.6 Å². The number of nitrogens with one attached hydrogen (secondary N) is 1. The molecule has 0 fully saturated rings. The van der Waals surface area contributed by atoms with Crippen LogP contribution in [-0.4, -0.2) is 13.1 Å². The summed E-state index contributed by atoms with van der Waals surface area (Å²) in [4.78, 5) is 0. The van der Waals surface area contributed by atoms with Crippen LogP contribution < -0.4 is 5.32 Å². The van der Waals surface area contributed by atoms with Gasteiger partial charge >= 0.3 is 0 Å². The maximum atomic E-state index is 3.38. The van der Waals surface area contributed by atoms with Gasteiger partial charge < -0.3 is 5.32 Å². The highest BCUT2D eigenvalue weighted by atomic mass is 14.9. The Morgan fingerprint density at radius 3 is 2.00 bits per heavy atom. The highest BCUT2D eigenvalue weighted by Gasteiger charge is 2.09. The highest BCUT2D eigenvalue weighted by molar-refractivity contribution is 4.88. The van der Waals surface area contributed by atoms with Gasteiger partial charge in [0.15, 0.2) is 0 Å². The summed E-state index contributed by atoms with van der Waals surface area (Å²) >= 11 is 0. The van der Waals surface area contributed by atoms with Crippen LogP contribution in [0.3, 0.4) is 0 Å². The first kappa shape index (κ1) is 14.7. The van der Waals surface area contributed by atoms with E-state index >= 15 is 0 Å². The zero-order valence-corrected chi connectivity index (χ0v) is 11.4. The van der Waals surface area contributed by atoms with E-state index in [1.54, 1.807) is 0 Å². The Kier molecular flexibility index (Phi) is 7.76. The van der Waals surface area contributed by atoms with Crippen molar-refractivity contribution in [3.8, 4) is 0 Å². The van der Waals surface area contributed by atoms with Gasteiger partial charge in [-0.1, -0.05) is 46.8 Å². The van der Waals surface area contributed by atoms with Gasteiger partial charge in [-0.2, -0.15) is 0 Å². The second-order valence-corrected chi connectivity index (χ2v) is 5.25. The molecular formula is C14H29N. The van der Waals surface area contributed by atoms with Crippen molar-refractivity contribution in [2.45, 2.75) is 53.5 Å². The molecule has 0 aliphatic heterocycles. The number of hydrogen-bond donors (Lipinski definition) is 1. The summed E-state index contributed by atoms with van der Waals surface area (Å²) in [7, 11) is 2.06. The number of hydrogen-bond acceptors (Lipinski definition) is 1. The van der Waals surface area contributed by atoms with Gasteiger partial charge in [-0.3, -0.25) is 0 Å². The lowest BCUT2D eigenvalue weighted by Crippen LogP contribution is -2.30. The molecule has 0 radical (unpaired) electrons. The summed E-state index contributed by atoms with van der Waals surface area (Å²) in [6, 6.07) is 0.656. The van der Waals surface area contributed by atoms with E-state index in [-0.39, 0.29) is 0 Å². The molecule has 0 bridgehead atoms. The van der Waals surface area contributed by atoms with E-state index in [2.05, 4.69) is 59.1 Å². The second-order valence-electron chi connectivity index (χ2n) is 5.25. The van der Waals surface area contributed by atoms with Gasteiger partial charge in [-0.15, -0.1) is 0 Å². The van der Waals surface area contributed by atoms with Gasteiger partial charge in [0, 0.05) is 6.04 Å². The molecule has 0 aromatic rings. The summed E-state index contributed by atoms with van der Waals surface area (Å²) in [5.74, 6) is 2.19. The molecule has 0 rings (SSSR count). The van der Waals surface area contributed by atoms with Crippen LogP contribution in [0.15, 0.2) is 12.2 Å². The number of rotatable bonds is 7. The van der Waals surface area contributed by atoms with Crippen LogP contribution in [0.1, 0.15) is 47.5 Å². The topological polar surface area (TPSA) is 12.0 Å². The fraction of sp³-hybridized carbons (Fsp3) is 0.857. The quantitative estimate of drug-likeness (QED) is 0.631. The van der Waals surface area contributed by atoms with Crippen LogP contribution >= 0.6 is 0 Å². The monoisotopic (exact) mass is 211 g/mol. The largest absolute Gasteiger partial charge is 0.317 e. The summed E-state index contributed by atoms with van der Waals surface area (Å²) in [6.45, 7) is 11.4. The molecule has 90 valence electrons. The molecule has 0 spiro atoms. The maximum absolute atomic E-state index is 3.38. The Bertz CT molecular complexity index is 170. The molecule has 1 heteroatoms. The van der Waals surface area contributed by atoms with Crippen molar-refractivity contribution in [3.05, 3.63) is 12.2 Å². The molecule has 0 amide bonds. The normalized spacial score (nSPS) is 16.5. The molecule has 2 unspecified atom stereocenters. The predicted octanol–water partition coefficient (Wildman–Crippen LogP) is 3.86. The fourth-order valence-electron chi connectivity index (χ4n) is 1.62. The van der Waals surface area contributed by atoms with Crippen molar-refractivity contribution in [1.82, 2.24) is 5.32 Å². The van der Waals surface area contributed by atoms with Gasteiger partial charge in [-0.25, -0.2) is 0 Å². The molecule has 1 nitrogen and oxygen atoms in total. The number of allylic oxidation sites excluding steroid dienone is 2. The molecule has 0 saturated carbocycles. The van der Waals surface area contributed by atoms with E-state index in [4.69, 9.17) is 0 Å². The summed E-state index contributed by atoms with van der Waals surface area (Å²) < 4.78 is 0. The van der Waals surface area contributed by atoms with E-state index in [0.717, 1.165) is 11.8 Å². The van der Waals surface area contributed by atoms with Crippen molar-refractivity contribution < 1.29 is 0 Å². The van der Waals surface area contributed by atoms with Crippen molar-refractivity contribution in [3.63, 3.8) is 0 Å². The van der Waals surface area contributed by atoms with Crippen molar-refractivity contribution in [1.29, 1.82) is 0 Å². The molecule has 0 heterocycles. The van der Waals surface area contributed by atoms with Crippen LogP contribution in [0, 0.1) is 17.8 Å². The third-order valence-corrected chi connectivity index (χ3v) is 3.31. The molecule has 0 aromatic carbocycles. The minimum atomic E-state index is 0.656. The Balaban J connectivity index is 3.77. The summed E-state index contributed by atoms with van der Waals surface area (Å²) in [5.41, 5.74) is 0. The first-order valence-corrected chi connectivity index (χ1v) is 6.33. The third kappa shape index (κ3) is 6.72. The van der Waals surface area contributed by atoms with Gasteiger partial charge in [0.2, 0.25) is 0 Å². The van der Waals surface area contributed by atoms with Crippen molar-refractivity contribution in [2.24, 2.45) is 17.8 Å². The smallest absolute Gasteiger partial charge is 0.00900 e. The Labute approximate surface area is 96.3 Å². The van der Waals surface area contributed by atoms with E-state index in [0.29, 0.717) is 12.0 Å². The summed E-state index contributed by atoms with van der Waals surface area (Å²) in [5, 5.41) is 3.38. The zero-order chi connectivity index (χ0) is 11.8. The third-order valence-electron chi connectivity index (χ3n) is 3.31. The molecule has 0 saturated heterocycles. The van der Waals surface area contributed by atoms with Gasteiger partial charge in [0.05, 0.1) is 0 Å². The van der Waals surface area contributed by atoms with Crippen molar-refractivity contribution in [2.75, 3.05) is 7.05 Å². The molecule has 2 atom stereocenters. The van der Waals surface area contributed by atoms with Crippen LogP contribution in [0.5, 0.6) is 0 Å². The van der Waals surface area contributed by atoms with Crippen LogP contribution in [0.4, 0.5) is 0 Å². The van der Waals surface area contributed by atoms with Crippen LogP contribution in [-0.2, 0) is 0 Å². The fourth-order valence-corrected chi connectivity index (χ4v) is 1.62. The molecule has 0 aromatic heterocycles. The SMILES string of the molecule is CNC(CC/C=C\C(C)C(C)C)C(C)C. The molecule has 0 aliphatic carbocycles. The Morgan fingerprint density at radius 1 is 1.00 bits per heavy atom. The highest BCUT2D eigenvalue weighted by Crippen LogP contribution is 2.13. The molecular weight excluding hydrogens is 182 g/mol. The lowest BCUT2D eigenvalue weighted by molar-refractivity contribution is 0.404. The van der Waals surface area contributed by atoms with Gasteiger partial charge in [0.25, 0.3) is 0 Å². The first-order chi connectivity index (χ1) is 6.99. The van der Waals surface area contributed by atoms with Crippen molar-refractivity contribution >= 4 is 0 Å². The van der Waals surface area contributed by atoms with E-state index < -0.39 is 0 Å². The van der Waals surface area contributed by atoms with E-state index in [1.165, 1.54) is 12.8 Å². The average Bonchev–Trinajstić information content (AvgIpc) is 2.16. The van der Waals surface area contributed by atoms with Crippen LogP contribution in [0.25, 0.3) is 0 Å². The zero-order valence-electron chi connectivity index (χ0n) is 11.4. The molecule has 15 heavy (non-hydrogen) atoms. The average molecular weight is 211 g/mol. The molecule has 0 aliphatic rings. The summed E-state index contributed by atoms with van der Waals surface area (Å²) in [6.07, 6.45) is 7.14. The molecule has 1 N–H and O–H groups in total. The lowest BCUT2D eigenvalue weighted by Gasteiger charge is -2.19. The minimum absolute atomic E-state index is 0.656. The standard InChI is InChI=1S/C14H29N/c1-11(2)13(5)9-7-8-10-14(15-6)12(3)4/h7,9,11-15H,8,10H2,1-6H3/b9-7-. The lowest BCUT2D eigenvalue weighted by atomic mass is 9.96. The first-order valence-electron chi connectivity index (χ1n) is 6.33. The van der Waals surface area contributed by atoms with Crippen LogP contribution in [0.2, 0.25) is 0 Å². The van der Waals surface area contributed by atoms with Gasteiger partial charge in [0.1, 0.15) is 0 Å². The Morgan fingerprint density at radius 2 is 1.60 bits per heavy atom. The Hall–Kier alpha value is -0.300. The maximum Gasteiger partial charge on any atom is 0.00900 e. The predicted molar refractivity (Wildman–Crippen MR) is 70.1 cm³/mol. The minimum Gasteiger partial charge on any atom is -0.317 e.